The van der Waals surface area contributed by atoms with Crippen LogP contribution in [0.15, 0.2) is 16.5 Å². The first kappa shape index (κ1) is 15.1. The Balaban J connectivity index is 2.57. The number of hydrogen-bond donors (Lipinski definition) is 1. The van der Waals surface area contributed by atoms with Crippen LogP contribution in [0.3, 0.4) is 0 Å². The summed E-state index contributed by atoms with van der Waals surface area (Å²) in [7, 11) is 0. The Bertz CT molecular complexity index is 595. The minimum Gasteiger partial charge on any atom is -0.459 e. The SMILES string of the molecule is CCCNC(C)c1oc2c(C)ccc(C(C)C)c2c1C. The van der Waals surface area contributed by atoms with Gasteiger partial charge < -0.3 is 9.73 Å². The van der Waals surface area contributed by atoms with E-state index in [2.05, 4.69) is 59.0 Å². The average Bonchev–Trinajstić information content (AvgIpc) is 2.75. The monoisotopic (exact) mass is 273 g/mol. The van der Waals surface area contributed by atoms with Gasteiger partial charge in [0.05, 0.1) is 6.04 Å². The smallest absolute Gasteiger partial charge is 0.137 e. The van der Waals surface area contributed by atoms with Crippen LogP contribution in [0.1, 0.15) is 68.5 Å². The van der Waals surface area contributed by atoms with Gasteiger partial charge in [-0.2, -0.15) is 0 Å². The van der Waals surface area contributed by atoms with Crippen LogP contribution in [0.2, 0.25) is 0 Å². The van der Waals surface area contributed by atoms with E-state index in [-0.39, 0.29) is 6.04 Å². The fourth-order valence-corrected chi connectivity index (χ4v) is 2.88. The van der Waals surface area contributed by atoms with E-state index in [4.69, 9.17) is 4.42 Å². The van der Waals surface area contributed by atoms with E-state index in [0.717, 1.165) is 24.3 Å². The highest BCUT2D eigenvalue weighted by atomic mass is 16.3. The molecule has 0 fully saturated rings. The third kappa shape index (κ3) is 2.62. The highest BCUT2D eigenvalue weighted by Gasteiger charge is 2.20. The molecule has 1 N–H and O–H groups in total. The first-order chi connectivity index (χ1) is 9.47. The summed E-state index contributed by atoms with van der Waals surface area (Å²) in [5.41, 5.74) is 4.97. The van der Waals surface area contributed by atoms with Crippen LogP contribution >= 0.6 is 0 Å². The second-order valence-electron chi connectivity index (χ2n) is 6.10. The maximum Gasteiger partial charge on any atom is 0.137 e. The third-order valence-corrected chi connectivity index (χ3v) is 4.06. The molecule has 1 aromatic carbocycles. The highest BCUT2D eigenvalue weighted by molar-refractivity contribution is 5.88. The number of benzene rings is 1. The molecule has 0 saturated heterocycles. The van der Waals surface area contributed by atoms with Crippen LogP contribution in [0, 0.1) is 13.8 Å². The van der Waals surface area contributed by atoms with Crippen LogP contribution in [0.5, 0.6) is 0 Å². The fraction of sp³-hybridized carbons (Fsp3) is 0.556. The zero-order chi connectivity index (χ0) is 14.9. The molecule has 1 atom stereocenters. The van der Waals surface area contributed by atoms with Crippen molar-refractivity contribution < 1.29 is 4.42 Å². The lowest BCUT2D eigenvalue weighted by molar-refractivity contribution is 0.448. The zero-order valence-corrected chi connectivity index (χ0v) is 13.6. The Kier molecular flexibility index (Phi) is 4.54. The minimum absolute atomic E-state index is 0.266. The predicted octanol–water partition coefficient (Wildman–Crippen LogP) is 5.23. The van der Waals surface area contributed by atoms with Gasteiger partial charge in [-0.3, -0.25) is 0 Å². The molecule has 1 heterocycles. The minimum atomic E-state index is 0.266. The Labute approximate surface area is 122 Å². The first-order valence-corrected chi connectivity index (χ1v) is 7.73. The molecule has 0 aliphatic carbocycles. The summed E-state index contributed by atoms with van der Waals surface area (Å²) < 4.78 is 6.22. The second-order valence-corrected chi connectivity index (χ2v) is 6.10. The van der Waals surface area contributed by atoms with Gasteiger partial charge in [0.25, 0.3) is 0 Å². The van der Waals surface area contributed by atoms with Gasteiger partial charge in [-0.25, -0.2) is 0 Å². The van der Waals surface area contributed by atoms with Crippen LogP contribution < -0.4 is 5.32 Å². The molecule has 20 heavy (non-hydrogen) atoms. The van der Waals surface area contributed by atoms with E-state index in [1.54, 1.807) is 0 Å². The van der Waals surface area contributed by atoms with Gasteiger partial charge in [-0.15, -0.1) is 0 Å². The molecule has 110 valence electrons. The molecule has 2 aromatic rings. The van der Waals surface area contributed by atoms with E-state index in [1.807, 2.05) is 0 Å². The lowest BCUT2D eigenvalue weighted by Crippen LogP contribution is -2.19. The summed E-state index contributed by atoms with van der Waals surface area (Å²) >= 11 is 0. The van der Waals surface area contributed by atoms with Crippen molar-refractivity contribution in [3.8, 4) is 0 Å². The Morgan fingerprint density at radius 2 is 1.85 bits per heavy atom. The molecule has 2 nitrogen and oxygen atoms in total. The summed E-state index contributed by atoms with van der Waals surface area (Å²) in [6.45, 7) is 14.2. The molecule has 2 rings (SSSR count). The van der Waals surface area contributed by atoms with Crippen molar-refractivity contribution in [2.75, 3.05) is 6.54 Å². The zero-order valence-electron chi connectivity index (χ0n) is 13.6. The van der Waals surface area contributed by atoms with Crippen molar-refractivity contribution in [1.82, 2.24) is 5.32 Å². The maximum atomic E-state index is 6.22. The lowest BCUT2D eigenvalue weighted by Gasteiger charge is -2.11. The summed E-state index contributed by atoms with van der Waals surface area (Å²) in [5, 5.41) is 4.84. The van der Waals surface area contributed by atoms with Crippen molar-refractivity contribution in [1.29, 1.82) is 0 Å². The molecule has 0 bridgehead atoms. The normalized spacial score (nSPS) is 13.3. The van der Waals surface area contributed by atoms with Gasteiger partial charge in [-0.1, -0.05) is 32.9 Å². The van der Waals surface area contributed by atoms with E-state index < -0.39 is 0 Å². The lowest BCUT2D eigenvalue weighted by atomic mass is 9.94. The fourth-order valence-electron chi connectivity index (χ4n) is 2.88. The summed E-state index contributed by atoms with van der Waals surface area (Å²) in [5.74, 6) is 1.60. The summed E-state index contributed by atoms with van der Waals surface area (Å²) in [6.07, 6.45) is 1.14. The standard InChI is InChI=1S/C18H27NO/c1-7-10-19-14(6)18-13(5)16-15(11(2)3)9-8-12(4)17(16)20-18/h8-9,11,14,19H,7,10H2,1-6H3. The van der Waals surface area contributed by atoms with Crippen LogP contribution in [-0.2, 0) is 0 Å². The molecule has 1 unspecified atom stereocenters. The van der Waals surface area contributed by atoms with Gasteiger partial charge in [-0.05, 0) is 50.8 Å². The first-order valence-electron chi connectivity index (χ1n) is 7.73. The highest BCUT2D eigenvalue weighted by Crippen LogP contribution is 2.36. The van der Waals surface area contributed by atoms with Crippen molar-refractivity contribution in [2.45, 2.75) is 59.9 Å². The van der Waals surface area contributed by atoms with Gasteiger partial charge in [0.2, 0.25) is 0 Å². The third-order valence-electron chi connectivity index (χ3n) is 4.06. The molecular formula is C18H27NO. The van der Waals surface area contributed by atoms with Gasteiger partial charge >= 0.3 is 0 Å². The van der Waals surface area contributed by atoms with E-state index in [0.29, 0.717) is 5.92 Å². The Hall–Kier alpha value is -1.28. The second kappa shape index (κ2) is 6.01. The van der Waals surface area contributed by atoms with Crippen LogP contribution in [0.4, 0.5) is 0 Å². The van der Waals surface area contributed by atoms with Gasteiger partial charge in [0, 0.05) is 10.9 Å². The van der Waals surface area contributed by atoms with E-state index in [9.17, 15) is 0 Å². The molecule has 0 spiro atoms. The Morgan fingerprint density at radius 1 is 1.15 bits per heavy atom. The maximum absolute atomic E-state index is 6.22. The molecule has 2 heteroatoms. The van der Waals surface area contributed by atoms with Gasteiger partial charge in [0.15, 0.2) is 0 Å². The summed E-state index contributed by atoms with van der Waals surface area (Å²) in [4.78, 5) is 0. The molecule has 0 aliphatic rings. The molecule has 1 aromatic heterocycles. The van der Waals surface area contributed by atoms with E-state index >= 15 is 0 Å². The number of aryl methyl sites for hydroxylation is 2. The van der Waals surface area contributed by atoms with Crippen LogP contribution in [-0.4, -0.2) is 6.54 Å². The molecule has 0 saturated carbocycles. The predicted molar refractivity (Wildman–Crippen MR) is 86.5 cm³/mol. The number of rotatable bonds is 5. The molecule has 0 radical (unpaired) electrons. The van der Waals surface area contributed by atoms with Crippen LogP contribution in [0.25, 0.3) is 11.0 Å². The molecular weight excluding hydrogens is 246 g/mol. The van der Waals surface area contributed by atoms with Gasteiger partial charge in [0.1, 0.15) is 11.3 Å². The number of fused-ring (bicyclic) bond motifs is 1. The molecule has 0 aliphatic heterocycles. The average molecular weight is 273 g/mol. The number of nitrogens with one attached hydrogen (secondary N) is 1. The molecule has 0 amide bonds. The topological polar surface area (TPSA) is 25.2 Å². The van der Waals surface area contributed by atoms with E-state index in [1.165, 1.54) is 22.1 Å². The largest absolute Gasteiger partial charge is 0.459 e. The van der Waals surface area contributed by atoms with Crippen molar-refractivity contribution in [2.24, 2.45) is 0 Å². The quantitative estimate of drug-likeness (QED) is 0.806. The number of furan rings is 1. The van der Waals surface area contributed by atoms with Crippen molar-refractivity contribution >= 4 is 11.0 Å². The Morgan fingerprint density at radius 3 is 2.45 bits per heavy atom. The van der Waals surface area contributed by atoms with Crippen molar-refractivity contribution in [3.05, 3.63) is 34.6 Å². The summed E-state index contributed by atoms with van der Waals surface area (Å²) in [6, 6.07) is 4.69. The van der Waals surface area contributed by atoms with Crippen molar-refractivity contribution in [3.63, 3.8) is 0 Å². The number of hydrogen-bond acceptors (Lipinski definition) is 2.